The summed E-state index contributed by atoms with van der Waals surface area (Å²) >= 11 is 0. The SMILES string of the molecule is CC(C)C(O)CN1CCCC2(CCS(=O)(=O)C2)C1. The maximum atomic E-state index is 11.7. The molecule has 2 unspecified atom stereocenters. The second-order valence-corrected chi connectivity index (χ2v) is 8.68. The van der Waals surface area contributed by atoms with E-state index in [1.165, 1.54) is 0 Å². The Morgan fingerprint density at radius 2 is 2.06 bits per heavy atom. The third-order valence-electron chi connectivity index (χ3n) is 4.42. The van der Waals surface area contributed by atoms with Crippen LogP contribution in [0.2, 0.25) is 0 Å². The maximum absolute atomic E-state index is 11.7. The van der Waals surface area contributed by atoms with Crippen LogP contribution < -0.4 is 0 Å². The first-order valence-electron chi connectivity index (χ1n) is 6.93. The Hall–Kier alpha value is -0.130. The molecule has 0 aromatic carbocycles. The highest BCUT2D eigenvalue weighted by molar-refractivity contribution is 7.91. The van der Waals surface area contributed by atoms with Crippen molar-refractivity contribution in [2.75, 3.05) is 31.1 Å². The predicted molar refractivity (Wildman–Crippen MR) is 72.2 cm³/mol. The number of piperidine rings is 1. The van der Waals surface area contributed by atoms with Crippen LogP contribution in [0, 0.1) is 11.3 Å². The molecular formula is C13H25NO3S. The van der Waals surface area contributed by atoms with Gasteiger partial charge < -0.3 is 10.0 Å². The lowest BCUT2D eigenvalue weighted by Crippen LogP contribution is -2.47. The van der Waals surface area contributed by atoms with Gasteiger partial charge in [0.1, 0.15) is 0 Å². The molecule has 5 heteroatoms. The lowest BCUT2D eigenvalue weighted by Gasteiger charge is -2.40. The van der Waals surface area contributed by atoms with Crippen LogP contribution in [0.4, 0.5) is 0 Å². The number of β-amino-alcohol motifs (C(OH)–C–C–N with tert-alkyl or cyclic N) is 1. The van der Waals surface area contributed by atoms with Gasteiger partial charge in [-0.05, 0) is 37.1 Å². The average molecular weight is 275 g/mol. The van der Waals surface area contributed by atoms with E-state index in [1.54, 1.807) is 0 Å². The summed E-state index contributed by atoms with van der Waals surface area (Å²) < 4.78 is 23.3. The Kier molecular flexibility index (Phi) is 4.04. The van der Waals surface area contributed by atoms with E-state index < -0.39 is 9.84 Å². The highest BCUT2D eigenvalue weighted by Crippen LogP contribution is 2.40. The first-order valence-corrected chi connectivity index (χ1v) is 8.75. The quantitative estimate of drug-likeness (QED) is 0.831. The molecule has 1 N–H and O–H groups in total. The van der Waals surface area contributed by atoms with Gasteiger partial charge in [-0.15, -0.1) is 0 Å². The van der Waals surface area contributed by atoms with Crippen LogP contribution in [-0.2, 0) is 9.84 Å². The fraction of sp³-hybridized carbons (Fsp3) is 1.00. The van der Waals surface area contributed by atoms with E-state index in [0.717, 1.165) is 32.4 Å². The Bertz CT molecular complexity index is 393. The highest BCUT2D eigenvalue weighted by atomic mass is 32.2. The minimum absolute atomic E-state index is 0.0201. The summed E-state index contributed by atoms with van der Waals surface area (Å²) in [6.07, 6.45) is 2.59. The summed E-state index contributed by atoms with van der Waals surface area (Å²) in [5.41, 5.74) is -0.0201. The highest BCUT2D eigenvalue weighted by Gasteiger charge is 2.44. The normalized spacial score (nSPS) is 34.2. The van der Waals surface area contributed by atoms with Crippen molar-refractivity contribution in [1.29, 1.82) is 0 Å². The first kappa shape index (κ1) is 14.3. The Balaban J connectivity index is 1.97. The zero-order chi connectivity index (χ0) is 13.4. The minimum Gasteiger partial charge on any atom is -0.392 e. The first-order chi connectivity index (χ1) is 8.32. The molecule has 0 aromatic heterocycles. The molecular weight excluding hydrogens is 250 g/mol. The predicted octanol–water partition coefficient (Wildman–Crippen LogP) is 0.904. The topological polar surface area (TPSA) is 57.6 Å². The van der Waals surface area contributed by atoms with Gasteiger partial charge in [0.15, 0.2) is 9.84 Å². The van der Waals surface area contributed by atoms with Crippen molar-refractivity contribution in [2.24, 2.45) is 11.3 Å². The van der Waals surface area contributed by atoms with Gasteiger partial charge in [-0.25, -0.2) is 8.42 Å². The summed E-state index contributed by atoms with van der Waals surface area (Å²) in [7, 11) is -2.81. The van der Waals surface area contributed by atoms with Gasteiger partial charge in [-0.2, -0.15) is 0 Å². The van der Waals surface area contributed by atoms with Crippen molar-refractivity contribution in [3.8, 4) is 0 Å². The van der Waals surface area contributed by atoms with E-state index in [0.29, 0.717) is 18.1 Å². The number of sulfone groups is 1. The molecule has 0 radical (unpaired) electrons. The number of aliphatic hydroxyl groups is 1. The number of likely N-dealkylation sites (tertiary alicyclic amines) is 1. The monoisotopic (exact) mass is 275 g/mol. The number of hydrogen-bond donors (Lipinski definition) is 1. The molecule has 2 saturated heterocycles. The molecule has 1 spiro atoms. The molecule has 0 aromatic rings. The fourth-order valence-corrected chi connectivity index (χ4v) is 5.45. The van der Waals surface area contributed by atoms with Gasteiger partial charge in [0.05, 0.1) is 17.6 Å². The summed E-state index contributed by atoms with van der Waals surface area (Å²) in [5.74, 6) is 0.970. The fourth-order valence-electron chi connectivity index (χ4n) is 3.25. The Morgan fingerprint density at radius 1 is 1.33 bits per heavy atom. The van der Waals surface area contributed by atoms with Crippen LogP contribution in [0.25, 0.3) is 0 Å². The summed E-state index contributed by atoms with van der Waals surface area (Å²) in [6.45, 7) is 6.55. The summed E-state index contributed by atoms with van der Waals surface area (Å²) in [4.78, 5) is 2.26. The number of aliphatic hydroxyl groups excluding tert-OH is 1. The van der Waals surface area contributed by atoms with Crippen LogP contribution >= 0.6 is 0 Å². The molecule has 2 aliphatic heterocycles. The molecule has 106 valence electrons. The van der Waals surface area contributed by atoms with Crippen molar-refractivity contribution < 1.29 is 13.5 Å². The lowest BCUT2D eigenvalue weighted by molar-refractivity contribution is 0.0360. The van der Waals surface area contributed by atoms with Crippen LogP contribution in [-0.4, -0.2) is 55.7 Å². The van der Waals surface area contributed by atoms with Gasteiger partial charge in [0.2, 0.25) is 0 Å². The van der Waals surface area contributed by atoms with E-state index >= 15 is 0 Å². The molecule has 0 aliphatic carbocycles. The second kappa shape index (κ2) is 5.10. The Morgan fingerprint density at radius 3 is 2.61 bits per heavy atom. The van der Waals surface area contributed by atoms with Crippen LogP contribution in [0.3, 0.4) is 0 Å². The van der Waals surface area contributed by atoms with Gasteiger partial charge in [-0.1, -0.05) is 13.8 Å². The molecule has 2 fully saturated rings. The third-order valence-corrected chi connectivity index (χ3v) is 6.30. The molecule has 2 aliphatic rings. The minimum atomic E-state index is -2.81. The molecule has 2 rings (SSSR count). The standard InChI is InChI=1S/C13H25NO3S/c1-11(2)12(15)8-14-6-3-4-13(9-14)5-7-18(16,17)10-13/h11-12,15H,3-10H2,1-2H3. The smallest absolute Gasteiger partial charge is 0.150 e. The molecule has 2 heterocycles. The van der Waals surface area contributed by atoms with Gasteiger partial charge in [-0.3, -0.25) is 0 Å². The Labute approximate surface area is 110 Å². The van der Waals surface area contributed by atoms with Crippen molar-refractivity contribution in [1.82, 2.24) is 4.90 Å². The summed E-state index contributed by atoms with van der Waals surface area (Å²) in [5, 5.41) is 9.95. The van der Waals surface area contributed by atoms with E-state index in [2.05, 4.69) is 4.90 Å². The van der Waals surface area contributed by atoms with Gasteiger partial charge >= 0.3 is 0 Å². The lowest BCUT2D eigenvalue weighted by atomic mass is 9.79. The number of hydrogen-bond acceptors (Lipinski definition) is 4. The van der Waals surface area contributed by atoms with Crippen molar-refractivity contribution >= 4 is 9.84 Å². The van der Waals surface area contributed by atoms with Crippen molar-refractivity contribution in [3.63, 3.8) is 0 Å². The molecule has 18 heavy (non-hydrogen) atoms. The van der Waals surface area contributed by atoms with Gasteiger partial charge in [0, 0.05) is 13.1 Å². The van der Waals surface area contributed by atoms with E-state index in [9.17, 15) is 13.5 Å². The maximum Gasteiger partial charge on any atom is 0.150 e. The molecule has 0 amide bonds. The zero-order valence-corrected chi connectivity index (χ0v) is 12.2. The van der Waals surface area contributed by atoms with E-state index in [4.69, 9.17) is 0 Å². The molecule has 4 nitrogen and oxygen atoms in total. The van der Waals surface area contributed by atoms with Crippen molar-refractivity contribution in [3.05, 3.63) is 0 Å². The molecule has 0 bridgehead atoms. The zero-order valence-electron chi connectivity index (χ0n) is 11.4. The van der Waals surface area contributed by atoms with Crippen molar-refractivity contribution in [2.45, 2.75) is 39.2 Å². The van der Waals surface area contributed by atoms with Crippen LogP contribution in [0.1, 0.15) is 33.1 Å². The third kappa shape index (κ3) is 3.25. The number of nitrogens with zero attached hydrogens (tertiary/aromatic N) is 1. The number of rotatable bonds is 3. The van der Waals surface area contributed by atoms with E-state index in [1.807, 2.05) is 13.8 Å². The molecule has 2 atom stereocenters. The molecule has 0 saturated carbocycles. The second-order valence-electron chi connectivity index (χ2n) is 6.49. The van der Waals surface area contributed by atoms with Crippen LogP contribution in [0.15, 0.2) is 0 Å². The van der Waals surface area contributed by atoms with E-state index in [-0.39, 0.29) is 17.4 Å². The van der Waals surface area contributed by atoms with Gasteiger partial charge in [0.25, 0.3) is 0 Å². The average Bonchev–Trinajstić information content (AvgIpc) is 2.54. The largest absolute Gasteiger partial charge is 0.392 e. The van der Waals surface area contributed by atoms with Crippen LogP contribution in [0.5, 0.6) is 0 Å². The summed E-state index contributed by atoms with van der Waals surface area (Å²) in [6, 6.07) is 0.